The number of carbonyl (C=O) groups excluding carboxylic acids is 1. The van der Waals surface area contributed by atoms with Crippen LogP contribution in [0.5, 0.6) is 0 Å². The summed E-state index contributed by atoms with van der Waals surface area (Å²) in [6.07, 6.45) is 9.37. The summed E-state index contributed by atoms with van der Waals surface area (Å²) in [5.41, 5.74) is 0. The highest BCUT2D eigenvalue weighted by Gasteiger charge is 2.37. The van der Waals surface area contributed by atoms with E-state index in [1.165, 1.54) is 4.90 Å². The van der Waals surface area contributed by atoms with Crippen LogP contribution in [0.3, 0.4) is 0 Å². The van der Waals surface area contributed by atoms with Gasteiger partial charge in [-0.05, 0) is 0 Å². The molecule has 78 valence electrons. The number of ether oxygens (including phenoxy) is 1. The lowest BCUT2D eigenvalue weighted by atomic mass is 10.5. The number of amides is 1. The third-order valence-corrected chi connectivity index (χ3v) is 2.58. The molecule has 1 atom stereocenters. The molecule has 0 saturated heterocycles. The summed E-state index contributed by atoms with van der Waals surface area (Å²) in [7, 11) is 0. The molecule has 0 saturated carbocycles. The molecule has 1 amide bonds. The maximum atomic E-state index is 11.5. The van der Waals surface area contributed by atoms with Crippen LogP contribution in [0.1, 0.15) is 0 Å². The van der Waals surface area contributed by atoms with E-state index in [2.05, 4.69) is 11.8 Å². The fourth-order valence-corrected chi connectivity index (χ4v) is 1.59. The van der Waals surface area contributed by atoms with Crippen molar-refractivity contribution in [3.05, 3.63) is 10.1 Å². The van der Waals surface area contributed by atoms with E-state index in [-0.39, 0.29) is 23.2 Å². The van der Waals surface area contributed by atoms with Crippen molar-refractivity contribution in [2.75, 3.05) is 13.2 Å². The summed E-state index contributed by atoms with van der Waals surface area (Å²) in [5.74, 6) is 4.15. The lowest BCUT2D eigenvalue weighted by molar-refractivity contribution is -0.132. The molecule has 0 radical (unpaired) electrons. The first-order valence-corrected chi connectivity index (χ1v) is 4.73. The van der Waals surface area contributed by atoms with Gasteiger partial charge in [0.15, 0.2) is 6.23 Å². The molecule has 0 aliphatic carbocycles. The van der Waals surface area contributed by atoms with E-state index in [1.807, 2.05) is 0 Å². The summed E-state index contributed by atoms with van der Waals surface area (Å²) >= 11 is 11.5. The Morgan fingerprint density at radius 1 is 1.40 bits per heavy atom. The van der Waals surface area contributed by atoms with Gasteiger partial charge < -0.3 is 4.74 Å². The molecule has 1 aliphatic heterocycles. The largest absolute Gasteiger partial charge is 0.340 e. The molecule has 0 aromatic carbocycles. The Bertz CT molecular complexity index is 389. The minimum atomic E-state index is -0.765. The van der Waals surface area contributed by atoms with Crippen molar-refractivity contribution in [2.45, 2.75) is 6.23 Å². The third-order valence-electron chi connectivity index (χ3n) is 1.74. The lowest BCUT2D eigenvalue weighted by Gasteiger charge is -2.22. The Morgan fingerprint density at radius 2 is 2.07 bits per heavy atom. The molecule has 1 heterocycles. The first kappa shape index (κ1) is 11.9. The maximum absolute atomic E-state index is 11.5. The average Bonchev–Trinajstić information content (AvgIpc) is 2.42. The van der Waals surface area contributed by atoms with Gasteiger partial charge in [0.1, 0.15) is 11.6 Å². The molecule has 0 fully saturated rings. The van der Waals surface area contributed by atoms with Gasteiger partial charge in [-0.2, -0.15) is 0 Å². The standard InChI is InChI=1S/C10H7Cl2NO2/c1-3-5-13-9(14)7(11)8(12)10(13)15-6-4-2/h1-2,10H,5-6H2. The van der Waals surface area contributed by atoms with Gasteiger partial charge in [0.05, 0.1) is 11.6 Å². The van der Waals surface area contributed by atoms with Crippen molar-refractivity contribution in [1.82, 2.24) is 4.90 Å². The zero-order valence-corrected chi connectivity index (χ0v) is 9.18. The number of nitrogens with zero attached hydrogens (tertiary/aromatic N) is 1. The van der Waals surface area contributed by atoms with Crippen molar-refractivity contribution in [1.29, 1.82) is 0 Å². The smallest absolute Gasteiger partial charge is 0.269 e. The molecule has 0 spiro atoms. The summed E-state index contributed by atoms with van der Waals surface area (Å²) in [6.45, 7) is 0.0971. The molecular formula is C10H7Cl2NO2. The quantitative estimate of drug-likeness (QED) is 0.696. The van der Waals surface area contributed by atoms with Crippen LogP contribution in [0.2, 0.25) is 0 Å². The molecule has 0 bridgehead atoms. The van der Waals surface area contributed by atoms with E-state index >= 15 is 0 Å². The van der Waals surface area contributed by atoms with Crippen LogP contribution in [-0.2, 0) is 9.53 Å². The lowest BCUT2D eigenvalue weighted by Crippen LogP contribution is -2.37. The first-order chi connectivity index (χ1) is 7.13. The summed E-state index contributed by atoms with van der Waals surface area (Å²) in [6, 6.07) is 0. The van der Waals surface area contributed by atoms with E-state index in [1.54, 1.807) is 0 Å². The third kappa shape index (κ3) is 2.27. The number of halogens is 2. The van der Waals surface area contributed by atoms with Crippen LogP contribution in [0, 0.1) is 24.7 Å². The Morgan fingerprint density at radius 3 is 2.60 bits per heavy atom. The maximum Gasteiger partial charge on any atom is 0.269 e. The van der Waals surface area contributed by atoms with E-state index in [4.69, 9.17) is 40.8 Å². The second kappa shape index (κ2) is 5.09. The van der Waals surface area contributed by atoms with Crippen LogP contribution < -0.4 is 0 Å². The van der Waals surface area contributed by atoms with Gasteiger partial charge in [-0.25, -0.2) is 0 Å². The zero-order chi connectivity index (χ0) is 11.4. The number of carbonyl (C=O) groups is 1. The topological polar surface area (TPSA) is 29.5 Å². The van der Waals surface area contributed by atoms with Crippen molar-refractivity contribution in [3.8, 4) is 24.7 Å². The average molecular weight is 244 g/mol. The predicted molar refractivity (Wildman–Crippen MR) is 57.9 cm³/mol. The SMILES string of the molecule is C#CCOC1C(Cl)=C(Cl)C(=O)N1CC#C. The fraction of sp³-hybridized carbons (Fsp3) is 0.300. The minimum absolute atomic E-state index is 0.0272. The monoisotopic (exact) mass is 243 g/mol. The van der Waals surface area contributed by atoms with Crippen molar-refractivity contribution >= 4 is 29.1 Å². The highest BCUT2D eigenvalue weighted by Crippen LogP contribution is 2.31. The van der Waals surface area contributed by atoms with Gasteiger partial charge in [0, 0.05) is 0 Å². The Balaban J connectivity index is 2.86. The second-order valence-electron chi connectivity index (χ2n) is 2.67. The molecule has 15 heavy (non-hydrogen) atoms. The summed E-state index contributed by atoms with van der Waals surface area (Å²) in [5, 5.41) is 0.0427. The van der Waals surface area contributed by atoms with Crippen LogP contribution in [-0.4, -0.2) is 30.2 Å². The second-order valence-corrected chi connectivity index (χ2v) is 3.45. The zero-order valence-electron chi connectivity index (χ0n) is 7.67. The van der Waals surface area contributed by atoms with Gasteiger partial charge >= 0.3 is 0 Å². The van der Waals surface area contributed by atoms with Gasteiger partial charge in [-0.3, -0.25) is 9.69 Å². The number of terminal acetylenes is 2. The van der Waals surface area contributed by atoms with Crippen LogP contribution >= 0.6 is 23.2 Å². The van der Waals surface area contributed by atoms with Gasteiger partial charge in [-0.15, -0.1) is 12.8 Å². The molecule has 5 heteroatoms. The fourth-order valence-electron chi connectivity index (χ4n) is 1.12. The number of hydrogen-bond donors (Lipinski definition) is 0. The van der Waals surface area contributed by atoms with E-state index in [9.17, 15) is 4.79 Å². The molecule has 1 aliphatic rings. The van der Waals surface area contributed by atoms with Gasteiger partial charge in [-0.1, -0.05) is 35.0 Å². The molecule has 0 aromatic rings. The van der Waals surface area contributed by atoms with E-state index in [0.29, 0.717) is 0 Å². The number of rotatable bonds is 3. The Kier molecular flexibility index (Phi) is 4.05. The molecule has 1 rings (SSSR count). The van der Waals surface area contributed by atoms with Gasteiger partial charge in [0.25, 0.3) is 5.91 Å². The van der Waals surface area contributed by atoms with Crippen LogP contribution in [0.25, 0.3) is 0 Å². The summed E-state index contributed by atoms with van der Waals surface area (Å²) < 4.78 is 5.17. The highest BCUT2D eigenvalue weighted by molar-refractivity contribution is 6.49. The molecular weight excluding hydrogens is 237 g/mol. The van der Waals surface area contributed by atoms with Crippen molar-refractivity contribution in [2.24, 2.45) is 0 Å². The van der Waals surface area contributed by atoms with E-state index < -0.39 is 12.1 Å². The predicted octanol–water partition coefficient (Wildman–Crippen LogP) is 1.13. The first-order valence-electron chi connectivity index (χ1n) is 3.98. The minimum Gasteiger partial charge on any atom is -0.340 e. The molecule has 3 nitrogen and oxygen atoms in total. The van der Waals surface area contributed by atoms with Crippen LogP contribution in [0.15, 0.2) is 10.1 Å². The number of hydrogen-bond acceptors (Lipinski definition) is 2. The van der Waals surface area contributed by atoms with Crippen molar-refractivity contribution in [3.63, 3.8) is 0 Å². The Hall–Kier alpha value is -1.13. The molecule has 0 N–H and O–H groups in total. The highest BCUT2D eigenvalue weighted by atomic mass is 35.5. The molecule has 1 unspecified atom stereocenters. The van der Waals surface area contributed by atoms with Crippen molar-refractivity contribution < 1.29 is 9.53 Å². The van der Waals surface area contributed by atoms with Crippen LogP contribution in [0.4, 0.5) is 0 Å². The molecule has 0 aromatic heterocycles. The Labute approximate surface area is 98.0 Å². The van der Waals surface area contributed by atoms with E-state index in [0.717, 1.165) is 0 Å². The van der Waals surface area contributed by atoms with Gasteiger partial charge in [0.2, 0.25) is 0 Å². The summed E-state index contributed by atoms with van der Waals surface area (Å²) in [4.78, 5) is 12.7. The normalized spacial score (nSPS) is 20.4.